The lowest BCUT2D eigenvalue weighted by Gasteiger charge is -2.06. The summed E-state index contributed by atoms with van der Waals surface area (Å²) in [6.45, 7) is 0.732. The summed E-state index contributed by atoms with van der Waals surface area (Å²) in [4.78, 5) is 13.1. The largest absolute Gasteiger partial charge is 0.351 e. The van der Waals surface area contributed by atoms with Gasteiger partial charge in [-0.15, -0.1) is 16.4 Å². The minimum atomic E-state index is -0.328. The number of tetrazole rings is 1. The van der Waals surface area contributed by atoms with Gasteiger partial charge in [-0.05, 0) is 27.9 Å². The lowest BCUT2D eigenvalue weighted by molar-refractivity contribution is -0.118. The third-order valence-corrected chi connectivity index (χ3v) is 4.97. The molecule has 1 amide bonds. The van der Waals surface area contributed by atoms with Crippen LogP contribution in [0.2, 0.25) is 0 Å². The van der Waals surface area contributed by atoms with E-state index in [1.54, 1.807) is 34.2 Å². The first-order valence-electron chi connectivity index (χ1n) is 7.14. The van der Waals surface area contributed by atoms with Crippen LogP contribution in [-0.4, -0.2) is 31.9 Å². The lowest BCUT2D eigenvalue weighted by atomic mass is 10.2. The number of amides is 1. The van der Waals surface area contributed by atoms with Gasteiger partial charge in [0.05, 0.1) is 12.3 Å². The van der Waals surface area contributed by atoms with E-state index in [-0.39, 0.29) is 24.0 Å². The van der Waals surface area contributed by atoms with Gasteiger partial charge in [-0.2, -0.15) is 0 Å². The molecule has 2 heterocycles. The molecule has 0 fully saturated rings. The molecule has 1 N–H and O–H groups in total. The number of hydrogen-bond acceptors (Lipinski definition) is 6. The zero-order chi connectivity index (χ0) is 16.8. The molecule has 6 nitrogen and oxygen atoms in total. The second kappa shape index (κ2) is 8.02. The highest BCUT2D eigenvalue weighted by Crippen LogP contribution is 2.17. The van der Waals surface area contributed by atoms with Gasteiger partial charge in [-0.3, -0.25) is 4.79 Å². The Bertz CT molecular complexity index is 806. The number of aromatic nitrogens is 4. The van der Waals surface area contributed by atoms with Crippen molar-refractivity contribution in [3.8, 4) is 0 Å². The molecule has 0 atom stereocenters. The van der Waals surface area contributed by atoms with Crippen molar-refractivity contribution < 1.29 is 9.18 Å². The molecule has 3 rings (SSSR count). The van der Waals surface area contributed by atoms with Crippen LogP contribution in [0.3, 0.4) is 0 Å². The van der Waals surface area contributed by atoms with Gasteiger partial charge in [-0.1, -0.05) is 36.0 Å². The highest BCUT2D eigenvalue weighted by molar-refractivity contribution is 7.99. The molecule has 0 bridgehead atoms. The van der Waals surface area contributed by atoms with Crippen LogP contribution in [0.15, 0.2) is 46.9 Å². The van der Waals surface area contributed by atoms with Crippen LogP contribution in [-0.2, 0) is 17.9 Å². The summed E-state index contributed by atoms with van der Waals surface area (Å²) in [7, 11) is 0. The Morgan fingerprint density at radius 1 is 1.29 bits per heavy atom. The molecule has 0 saturated heterocycles. The predicted molar refractivity (Wildman–Crippen MR) is 90.2 cm³/mol. The van der Waals surface area contributed by atoms with Crippen LogP contribution in [0.25, 0.3) is 0 Å². The standard InChI is InChI=1S/C15H14FN5OS2/c16-13-6-2-1-4-11(13)8-17-14(22)10-24-15-18-19-20-21(15)9-12-5-3-7-23-12/h1-7H,8-10H2,(H,17,22). The average Bonchev–Trinajstić information content (AvgIpc) is 3.24. The van der Waals surface area contributed by atoms with Gasteiger partial charge in [0.1, 0.15) is 5.82 Å². The number of benzene rings is 1. The molecule has 0 radical (unpaired) electrons. The molecule has 9 heteroatoms. The Kier molecular flexibility index (Phi) is 5.55. The third-order valence-electron chi connectivity index (χ3n) is 3.15. The summed E-state index contributed by atoms with van der Waals surface area (Å²) < 4.78 is 15.2. The molecule has 1 aromatic carbocycles. The molecule has 0 aliphatic heterocycles. The normalized spacial score (nSPS) is 10.7. The molecule has 0 aliphatic carbocycles. The van der Waals surface area contributed by atoms with E-state index < -0.39 is 0 Å². The number of rotatable bonds is 7. The number of halogens is 1. The maximum Gasteiger partial charge on any atom is 0.230 e. The summed E-state index contributed by atoms with van der Waals surface area (Å²) in [6.07, 6.45) is 0. The summed E-state index contributed by atoms with van der Waals surface area (Å²) in [5.41, 5.74) is 0.457. The van der Waals surface area contributed by atoms with Gasteiger partial charge in [0.2, 0.25) is 11.1 Å². The zero-order valence-corrected chi connectivity index (χ0v) is 14.2. The van der Waals surface area contributed by atoms with E-state index in [1.807, 2.05) is 17.5 Å². The van der Waals surface area contributed by atoms with Crippen LogP contribution in [0.1, 0.15) is 10.4 Å². The minimum absolute atomic E-state index is 0.159. The Labute approximate surface area is 146 Å². The van der Waals surface area contributed by atoms with Crippen LogP contribution >= 0.6 is 23.1 Å². The average molecular weight is 363 g/mol. The minimum Gasteiger partial charge on any atom is -0.351 e. The van der Waals surface area contributed by atoms with E-state index in [9.17, 15) is 9.18 Å². The summed E-state index contributed by atoms with van der Waals surface area (Å²) in [6, 6.07) is 10.3. The lowest BCUT2D eigenvalue weighted by Crippen LogP contribution is -2.25. The van der Waals surface area contributed by atoms with E-state index in [4.69, 9.17) is 0 Å². The van der Waals surface area contributed by atoms with Crippen LogP contribution in [0.5, 0.6) is 0 Å². The Hall–Kier alpha value is -2.26. The highest BCUT2D eigenvalue weighted by Gasteiger charge is 2.11. The number of nitrogens with zero attached hydrogens (tertiary/aromatic N) is 4. The number of hydrogen-bond donors (Lipinski definition) is 1. The number of carbonyl (C=O) groups is 1. The molecule has 0 spiro atoms. The fourth-order valence-corrected chi connectivity index (χ4v) is 3.36. The molecule has 2 aromatic heterocycles. The Morgan fingerprint density at radius 2 is 2.17 bits per heavy atom. The summed E-state index contributed by atoms with van der Waals surface area (Å²) in [5.74, 6) is -0.363. The summed E-state index contributed by atoms with van der Waals surface area (Å²) >= 11 is 2.87. The predicted octanol–water partition coefficient (Wildman–Crippen LogP) is 2.33. The van der Waals surface area contributed by atoms with Crippen molar-refractivity contribution in [3.05, 3.63) is 58.0 Å². The van der Waals surface area contributed by atoms with E-state index >= 15 is 0 Å². The molecule has 124 valence electrons. The fraction of sp³-hybridized carbons (Fsp3) is 0.200. The topological polar surface area (TPSA) is 72.7 Å². The van der Waals surface area contributed by atoms with Crippen LogP contribution in [0, 0.1) is 5.82 Å². The second-order valence-electron chi connectivity index (χ2n) is 4.86. The monoisotopic (exact) mass is 363 g/mol. The highest BCUT2D eigenvalue weighted by atomic mass is 32.2. The van der Waals surface area contributed by atoms with Crippen molar-refractivity contribution in [2.24, 2.45) is 0 Å². The maximum absolute atomic E-state index is 13.5. The van der Waals surface area contributed by atoms with Crippen LogP contribution < -0.4 is 5.32 Å². The van der Waals surface area contributed by atoms with Crippen molar-refractivity contribution in [3.63, 3.8) is 0 Å². The van der Waals surface area contributed by atoms with E-state index in [2.05, 4.69) is 20.8 Å². The molecule has 0 unspecified atom stereocenters. The smallest absolute Gasteiger partial charge is 0.230 e. The van der Waals surface area contributed by atoms with Crippen molar-refractivity contribution in [1.82, 2.24) is 25.5 Å². The number of thioether (sulfide) groups is 1. The quantitative estimate of drug-likeness (QED) is 0.652. The molecule has 3 aromatic rings. The van der Waals surface area contributed by atoms with Crippen molar-refractivity contribution >= 4 is 29.0 Å². The third kappa shape index (κ3) is 4.39. The first-order chi connectivity index (χ1) is 11.7. The molecular weight excluding hydrogens is 349 g/mol. The first-order valence-corrected chi connectivity index (χ1v) is 9.00. The fourth-order valence-electron chi connectivity index (χ4n) is 1.97. The van der Waals surface area contributed by atoms with Crippen LogP contribution in [0.4, 0.5) is 4.39 Å². The molecule has 0 saturated carbocycles. The summed E-state index contributed by atoms with van der Waals surface area (Å²) in [5, 5.41) is 16.8. The van der Waals surface area contributed by atoms with Gasteiger partial charge in [0, 0.05) is 17.0 Å². The van der Waals surface area contributed by atoms with Gasteiger partial charge in [0.15, 0.2) is 0 Å². The maximum atomic E-state index is 13.5. The number of carbonyl (C=O) groups excluding carboxylic acids is 1. The molecular formula is C15H14FN5OS2. The number of nitrogens with one attached hydrogen (secondary N) is 1. The van der Waals surface area contributed by atoms with Crippen molar-refractivity contribution in [1.29, 1.82) is 0 Å². The van der Waals surface area contributed by atoms with Gasteiger partial charge in [0.25, 0.3) is 0 Å². The van der Waals surface area contributed by atoms with Crippen molar-refractivity contribution in [2.75, 3.05) is 5.75 Å². The van der Waals surface area contributed by atoms with E-state index in [1.165, 1.54) is 17.8 Å². The molecule has 0 aliphatic rings. The van der Waals surface area contributed by atoms with E-state index in [0.717, 1.165) is 4.88 Å². The van der Waals surface area contributed by atoms with Gasteiger partial charge >= 0.3 is 0 Å². The first kappa shape index (κ1) is 16.6. The van der Waals surface area contributed by atoms with Gasteiger partial charge < -0.3 is 5.32 Å². The zero-order valence-electron chi connectivity index (χ0n) is 12.6. The van der Waals surface area contributed by atoms with Gasteiger partial charge in [-0.25, -0.2) is 9.07 Å². The second-order valence-corrected chi connectivity index (χ2v) is 6.83. The molecule has 24 heavy (non-hydrogen) atoms. The SMILES string of the molecule is O=C(CSc1nnnn1Cc1cccs1)NCc1ccccc1F. The Balaban J connectivity index is 1.50. The van der Waals surface area contributed by atoms with Crippen molar-refractivity contribution in [2.45, 2.75) is 18.2 Å². The Morgan fingerprint density at radius 3 is 2.96 bits per heavy atom. The van der Waals surface area contributed by atoms with E-state index in [0.29, 0.717) is 17.3 Å². The number of thiophene rings is 1.